The van der Waals surface area contributed by atoms with Crippen LogP contribution in [-0.2, 0) is 25.5 Å². The van der Waals surface area contributed by atoms with Crippen LogP contribution in [0.25, 0.3) is 0 Å². The molecule has 1 heterocycles. The highest BCUT2D eigenvalue weighted by Crippen LogP contribution is 2.34. The van der Waals surface area contributed by atoms with E-state index in [0.717, 1.165) is 5.57 Å². The van der Waals surface area contributed by atoms with Gasteiger partial charge in [0, 0.05) is 18.2 Å². The van der Waals surface area contributed by atoms with Crippen molar-refractivity contribution in [3.8, 4) is 6.01 Å². The lowest BCUT2D eigenvalue weighted by Gasteiger charge is -2.25. The van der Waals surface area contributed by atoms with E-state index >= 15 is 0 Å². The number of hydrogen-bond donors (Lipinski definition) is 0. The summed E-state index contributed by atoms with van der Waals surface area (Å²) in [6, 6.07) is 0.190. The summed E-state index contributed by atoms with van der Waals surface area (Å²) in [7, 11) is 4.15. The minimum absolute atomic E-state index is 0.190. The number of allylic oxidation sites excluding steroid dienone is 1. The van der Waals surface area contributed by atoms with Crippen molar-refractivity contribution in [3.63, 3.8) is 0 Å². The van der Waals surface area contributed by atoms with Crippen molar-refractivity contribution >= 4 is 11.9 Å². The maximum atomic E-state index is 12.1. The monoisotopic (exact) mass is 320 g/mol. The number of methoxy groups -OCH3 is 3. The third kappa shape index (κ3) is 3.67. The number of carbonyl (C=O) groups excluding carboxylic acids is 2. The molecule has 0 fully saturated rings. The zero-order chi connectivity index (χ0) is 17.0. The standard InChI is InChI=1S/C16H20N2O5/c1-9-5-10(14(19)21-2)7-13-12(8-17-16(18-13)23-4)11(6-9)15(20)22-3/h8,10-11H,1,5-7H2,2-4H3. The average molecular weight is 320 g/mol. The van der Waals surface area contributed by atoms with Crippen molar-refractivity contribution < 1.29 is 23.8 Å². The van der Waals surface area contributed by atoms with Crippen LogP contribution >= 0.6 is 0 Å². The van der Waals surface area contributed by atoms with E-state index in [0.29, 0.717) is 30.5 Å². The van der Waals surface area contributed by atoms with E-state index in [-0.39, 0.29) is 17.9 Å². The van der Waals surface area contributed by atoms with Gasteiger partial charge in [0.1, 0.15) is 0 Å². The van der Waals surface area contributed by atoms with Gasteiger partial charge in [0.25, 0.3) is 0 Å². The second kappa shape index (κ2) is 7.21. The Hall–Kier alpha value is -2.44. The van der Waals surface area contributed by atoms with Gasteiger partial charge in [-0.05, 0) is 12.8 Å². The summed E-state index contributed by atoms with van der Waals surface area (Å²) in [6.45, 7) is 3.98. The number of nitrogens with zero attached hydrogens (tertiary/aromatic N) is 2. The number of esters is 2. The normalized spacial score (nSPS) is 20.7. The Kier molecular flexibility index (Phi) is 5.31. The number of carbonyl (C=O) groups is 2. The molecule has 7 nitrogen and oxygen atoms in total. The average Bonchev–Trinajstić information content (AvgIpc) is 2.56. The van der Waals surface area contributed by atoms with Gasteiger partial charge in [0.15, 0.2) is 0 Å². The summed E-state index contributed by atoms with van der Waals surface area (Å²) >= 11 is 0. The van der Waals surface area contributed by atoms with Crippen LogP contribution in [0.3, 0.4) is 0 Å². The van der Waals surface area contributed by atoms with E-state index in [9.17, 15) is 9.59 Å². The van der Waals surface area contributed by atoms with Crippen molar-refractivity contribution in [2.24, 2.45) is 5.92 Å². The van der Waals surface area contributed by atoms with Gasteiger partial charge in [-0.25, -0.2) is 4.98 Å². The zero-order valence-electron chi connectivity index (χ0n) is 13.5. The first-order chi connectivity index (χ1) is 11.0. The molecular formula is C16H20N2O5. The van der Waals surface area contributed by atoms with Crippen LogP contribution in [0, 0.1) is 5.92 Å². The minimum Gasteiger partial charge on any atom is -0.469 e. The smallest absolute Gasteiger partial charge is 0.316 e. The molecule has 0 saturated heterocycles. The Morgan fingerprint density at radius 1 is 1.13 bits per heavy atom. The van der Waals surface area contributed by atoms with E-state index in [1.807, 2.05) is 0 Å². The van der Waals surface area contributed by atoms with E-state index in [4.69, 9.17) is 14.2 Å². The molecule has 124 valence electrons. The molecule has 2 atom stereocenters. The molecule has 0 aromatic carbocycles. The molecule has 0 aliphatic heterocycles. The molecule has 0 N–H and O–H groups in total. The summed E-state index contributed by atoms with van der Waals surface area (Å²) < 4.78 is 14.8. The summed E-state index contributed by atoms with van der Waals surface area (Å²) in [5, 5.41) is 0. The van der Waals surface area contributed by atoms with Gasteiger partial charge in [-0.3, -0.25) is 9.59 Å². The molecule has 2 unspecified atom stereocenters. The quantitative estimate of drug-likeness (QED) is 0.615. The Morgan fingerprint density at radius 3 is 2.43 bits per heavy atom. The van der Waals surface area contributed by atoms with Crippen LogP contribution in [0.5, 0.6) is 6.01 Å². The highest BCUT2D eigenvalue weighted by molar-refractivity contribution is 5.79. The van der Waals surface area contributed by atoms with Gasteiger partial charge in [-0.2, -0.15) is 4.98 Å². The molecule has 1 aromatic rings. The zero-order valence-corrected chi connectivity index (χ0v) is 13.5. The highest BCUT2D eigenvalue weighted by atomic mass is 16.5. The minimum atomic E-state index is -0.535. The molecule has 23 heavy (non-hydrogen) atoms. The second-order valence-corrected chi connectivity index (χ2v) is 5.42. The Balaban J connectivity index is 2.49. The summed E-state index contributed by atoms with van der Waals surface area (Å²) in [5.41, 5.74) is 2.01. The van der Waals surface area contributed by atoms with Crippen LogP contribution in [-0.4, -0.2) is 43.2 Å². The van der Waals surface area contributed by atoms with Crippen molar-refractivity contribution in [1.29, 1.82) is 0 Å². The van der Waals surface area contributed by atoms with Gasteiger partial charge < -0.3 is 14.2 Å². The Bertz CT molecular complexity index is 629. The first-order valence-electron chi connectivity index (χ1n) is 7.22. The van der Waals surface area contributed by atoms with Crippen molar-refractivity contribution in [2.75, 3.05) is 21.3 Å². The lowest BCUT2D eigenvalue weighted by atomic mass is 9.82. The lowest BCUT2D eigenvalue weighted by Crippen LogP contribution is -2.26. The largest absolute Gasteiger partial charge is 0.469 e. The van der Waals surface area contributed by atoms with Crippen molar-refractivity contribution in [3.05, 3.63) is 29.6 Å². The number of rotatable bonds is 3. The first-order valence-corrected chi connectivity index (χ1v) is 7.22. The van der Waals surface area contributed by atoms with Crippen LogP contribution < -0.4 is 4.74 Å². The summed E-state index contributed by atoms with van der Waals surface area (Å²) in [4.78, 5) is 32.5. The van der Waals surface area contributed by atoms with Crippen molar-refractivity contribution in [1.82, 2.24) is 9.97 Å². The maximum absolute atomic E-state index is 12.1. The van der Waals surface area contributed by atoms with Crippen LogP contribution in [0.1, 0.15) is 30.0 Å². The second-order valence-electron chi connectivity index (χ2n) is 5.42. The predicted octanol–water partition coefficient (Wildman–Crippen LogP) is 1.42. The molecular weight excluding hydrogens is 300 g/mol. The van der Waals surface area contributed by atoms with E-state index < -0.39 is 11.8 Å². The van der Waals surface area contributed by atoms with Crippen LogP contribution in [0.15, 0.2) is 18.3 Å². The number of hydrogen-bond acceptors (Lipinski definition) is 7. The molecule has 1 aromatic heterocycles. The number of fused-ring (bicyclic) bond motifs is 1. The Morgan fingerprint density at radius 2 is 1.83 bits per heavy atom. The van der Waals surface area contributed by atoms with Crippen molar-refractivity contribution in [2.45, 2.75) is 25.2 Å². The molecule has 0 spiro atoms. The molecule has 0 radical (unpaired) electrons. The van der Waals surface area contributed by atoms with E-state index in [2.05, 4.69) is 16.5 Å². The summed E-state index contributed by atoms with van der Waals surface area (Å²) in [5.74, 6) is -1.64. The number of aromatic nitrogens is 2. The molecule has 1 aliphatic carbocycles. The van der Waals surface area contributed by atoms with E-state index in [1.165, 1.54) is 21.3 Å². The maximum Gasteiger partial charge on any atom is 0.316 e. The SMILES string of the molecule is C=C1CC(C(=O)OC)Cc2nc(OC)ncc2C(C(=O)OC)C1. The van der Waals surface area contributed by atoms with Gasteiger partial charge in [-0.1, -0.05) is 12.2 Å². The molecule has 1 aliphatic rings. The fraction of sp³-hybridized carbons (Fsp3) is 0.500. The lowest BCUT2D eigenvalue weighted by molar-refractivity contribution is -0.145. The first kappa shape index (κ1) is 16.9. The molecule has 7 heteroatoms. The van der Waals surface area contributed by atoms with Gasteiger partial charge in [-0.15, -0.1) is 0 Å². The van der Waals surface area contributed by atoms with Crippen LogP contribution in [0.2, 0.25) is 0 Å². The fourth-order valence-corrected chi connectivity index (χ4v) is 2.78. The number of ether oxygens (including phenoxy) is 3. The van der Waals surface area contributed by atoms with Crippen LogP contribution in [0.4, 0.5) is 0 Å². The topological polar surface area (TPSA) is 87.6 Å². The molecule has 0 saturated carbocycles. The van der Waals surface area contributed by atoms with Gasteiger partial charge in [0.05, 0.1) is 38.9 Å². The third-order valence-corrected chi connectivity index (χ3v) is 3.92. The van der Waals surface area contributed by atoms with Gasteiger partial charge >= 0.3 is 17.9 Å². The fourth-order valence-electron chi connectivity index (χ4n) is 2.78. The van der Waals surface area contributed by atoms with Gasteiger partial charge in [0.2, 0.25) is 0 Å². The van der Waals surface area contributed by atoms with E-state index in [1.54, 1.807) is 6.20 Å². The predicted molar refractivity (Wildman–Crippen MR) is 80.9 cm³/mol. The highest BCUT2D eigenvalue weighted by Gasteiger charge is 2.33. The third-order valence-electron chi connectivity index (χ3n) is 3.92. The molecule has 2 rings (SSSR count). The molecule has 0 bridgehead atoms. The Labute approximate surface area is 134 Å². The molecule has 0 amide bonds. The summed E-state index contributed by atoms with van der Waals surface area (Å²) in [6.07, 6.45) is 2.69.